The number of likely N-dealkylation sites (tertiary alicyclic amines) is 1. The van der Waals surface area contributed by atoms with Gasteiger partial charge in [-0.15, -0.1) is 12.4 Å². The van der Waals surface area contributed by atoms with E-state index < -0.39 is 0 Å². The molecular weight excluding hydrogens is 368 g/mol. The number of rotatable bonds is 4. The third-order valence-electron chi connectivity index (χ3n) is 3.70. The number of carbonyl (C=O) groups excluding carboxylic acids is 1. The summed E-state index contributed by atoms with van der Waals surface area (Å²) in [6.07, 6.45) is 1.03. The molecule has 1 aromatic rings. The minimum Gasteiger partial charge on any atom is -0.328 e. The van der Waals surface area contributed by atoms with E-state index in [1.165, 1.54) is 6.07 Å². The molecule has 124 valence electrons. The fraction of sp³-hybridized carbons (Fsp3) is 0.500. The monoisotopic (exact) mass is 385 g/mol. The highest BCUT2D eigenvalue weighted by molar-refractivity contribution is 6.44. The number of carbonyl (C=O) groups is 1. The van der Waals surface area contributed by atoms with Gasteiger partial charge in [-0.2, -0.15) is 0 Å². The Balaban J connectivity index is 0.00000242. The largest absolute Gasteiger partial charge is 0.328 e. The minimum absolute atomic E-state index is 0. The molecular formula is C14H19Cl4N3O. The number of halogens is 4. The summed E-state index contributed by atoms with van der Waals surface area (Å²) in [4.78, 5) is 14.2. The summed E-state index contributed by atoms with van der Waals surface area (Å²) in [7, 11) is 0. The molecule has 0 bridgehead atoms. The molecule has 1 heterocycles. The van der Waals surface area contributed by atoms with Crippen molar-refractivity contribution in [2.45, 2.75) is 19.4 Å². The third-order valence-corrected chi connectivity index (χ3v) is 4.74. The van der Waals surface area contributed by atoms with E-state index in [-0.39, 0.29) is 24.4 Å². The van der Waals surface area contributed by atoms with Gasteiger partial charge in [0.2, 0.25) is 5.91 Å². The molecule has 1 aromatic carbocycles. The van der Waals surface area contributed by atoms with Gasteiger partial charge in [-0.05, 0) is 37.9 Å². The molecule has 1 fully saturated rings. The van der Waals surface area contributed by atoms with E-state index in [0.717, 1.165) is 19.5 Å². The zero-order valence-corrected chi connectivity index (χ0v) is 15.2. The van der Waals surface area contributed by atoms with E-state index in [0.29, 0.717) is 33.2 Å². The Labute approximate surface area is 151 Å². The van der Waals surface area contributed by atoms with Crippen molar-refractivity contribution < 1.29 is 4.79 Å². The molecule has 2 unspecified atom stereocenters. The Bertz CT molecular complexity index is 539. The minimum atomic E-state index is -0.124. The summed E-state index contributed by atoms with van der Waals surface area (Å²) >= 11 is 17.8. The third kappa shape index (κ3) is 5.15. The van der Waals surface area contributed by atoms with Crippen LogP contribution in [0.4, 0.5) is 5.69 Å². The molecule has 8 heteroatoms. The van der Waals surface area contributed by atoms with E-state index in [4.69, 9.17) is 40.5 Å². The molecule has 0 spiro atoms. The molecule has 1 amide bonds. The van der Waals surface area contributed by atoms with E-state index in [9.17, 15) is 4.79 Å². The second-order valence-corrected chi connectivity index (χ2v) is 6.66. The summed E-state index contributed by atoms with van der Waals surface area (Å²) in [6, 6.07) is 3.23. The van der Waals surface area contributed by atoms with Gasteiger partial charge in [0.15, 0.2) is 0 Å². The fourth-order valence-electron chi connectivity index (χ4n) is 2.45. The highest BCUT2D eigenvalue weighted by atomic mass is 35.5. The maximum atomic E-state index is 12.1. The van der Waals surface area contributed by atoms with Gasteiger partial charge in [-0.3, -0.25) is 9.69 Å². The Kier molecular flexibility index (Phi) is 7.72. The number of benzene rings is 1. The van der Waals surface area contributed by atoms with Crippen LogP contribution in [0.3, 0.4) is 0 Å². The summed E-state index contributed by atoms with van der Waals surface area (Å²) in [6.45, 7) is 4.05. The molecule has 1 aliphatic rings. The van der Waals surface area contributed by atoms with Gasteiger partial charge < -0.3 is 11.1 Å². The maximum absolute atomic E-state index is 12.1. The Hall–Kier alpha value is -0.230. The predicted molar refractivity (Wildman–Crippen MR) is 95.5 cm³/mol. The van der Waals surface area contributed by atoms with E-state index >= 15 is 0 Å². The van der Waals surface area contributed by atoms with Gasteiger partial charge >= 0.3 is 0 Å². The van der Waals surface area contributed by atoms with Crippen LogP contribution >= 0.6 is 47.2 Å². The Morgan fingerprint density at radius 2 is 2.00 bits per heavy atom. The molecule has 1 saturated heterocycles. The summed E-state index contributed by atoms with van der Waals surface area (Å²) < 4.78 is 0. The summed E-state index contributed by atoms with van der Waals surface area (Å²) in [5.41, 5.74) is 6.36. The van der Waals surface area contributed by atoms with Gasteiger partial charge in [-0.25, -0.2) is 0 Å². The van der Waals surface area contributed by atoms with Crippen molar-refractivity contribution in [3.63, 3.8) is 0 Å². The van der Waals surface area contributed by atoms with Gasteiger partial charge in [-0.1, -0.05) is 34.8 Å². The van der Waals surface area contributed by atoms with E-state index in [2.05, 4.69) is 10.2 Å². The lowest BCUT2D eigenvalue weighted by Crippen LogP contribution is -2.34. The Morgan fingerprint density at radius 3 is 2.59 bits per heavy atom. The number of anilines is 1. The number of nitrogens with zero attached hydrogens (tertiary/aromatic N) is 1. The first-order chi connectivity index (χ1) is 9.86. The molecule has 22 heavy (non-hydrogen) atoms. The summed E-state index contributed by atoms with van der Waals surface area (Å²) in [5, 5.41) is 3.85. The van der Waals surface area contributed by atoms with Crippen LogP contribution in [0.5, 0.6) is 0 Å². The Morgan fingerprint density at radius 1 is 1.36 bits per heavy atom. The van der Waals surface area contributed by atoms with E-state index in [1.807, 2.05) is 6.92 Å². The number of hydrogen-bond acceptors (Lipinski definition) is 3. The van der Waals surface area contributed by atoms with Crippen molar-refractivity contribution in [1.29, 1.82) is 0 Å². The zero-order valence-electron chi connectivity index (χ0n) is 12.1. The van der Waals surface area contributed by atoms with Crippen molar-refractivity contribution in [1.82, 2.24) is 4.90 Å². The second-order valence-electron chi connectivity index (χ2n) is 5.44. The van der Waals surface area contributed by atoms with E-state index in [1.54, 1.807) is 6.07 Å². The molecule has 1 aliphatic heterocycles. The molecule has 0 aliphatic carbocycles. The normalized spacial score (nSPS) is 19.6. The van der Waals surface area contributed by atoms with Crippen LogP contribution in [0.25, 0.3) is 0 Å². The predicted octanol–water partition coefficient (Wildman–Crippen LogP) is 3.68. The first kappa shape index (κ1) is 19.8. The average Bonchev–Trinajstić information content (AvgIpc) is 2.84. The van der Waals surface area contributed by atoms with Crippen LogP contribution in [0.15, 0.2) is 12.1 Å². The quantitative estimate of drug-likeness (QED) is 0.776. The molecule has 4 nitrogen and oxygen atoms in total. The van der Waals surface area contributed by atoms with Crippen LogP contribution in [0, 0.1) is 5.92 Å². The number of nitrogens with one attached hydrogen (secondary N) is 1. The van der Waals surface area contributed by atoms with Gasteiger partial charge in [0.05, 0.1) is 27.3 Å². The topological polar surface area (TPSA) is 58.4 Å². The number of nitrogens with two attached hydrogens (primary N) is 1. The lowest BCUT2D eigenvalue weighted by Gasteiger charge is -2.17. The molecule has 0 aromatic heterocycles. The highest BCUT2D eigenvalue weighted by Gasteiger charge is 2.26. The first-order valence-electron chi connectivity index (χ1n) is 6.79. The van der Waals surface area contributed by atoms with Gasteiger partial charge in [0.25, 0.3) is 0 Å². The van der Waals surface area contributed by atoms with Crippen LogP contribution < -0.4 is 11.1 Å². The standard InChI is InChI=1S/C14H18Cl3N3O.ClH/c1-8(18)9-2-3-20(6-9)7-14(21)19-13-5-11(16)10(15)4-12(13)17;/h4-5,8-9H,2-3,6-7,18H2,1H3,(H,19,21);1H. The molecule has 0 radical (unpaired) electrons. The second kappa shape index (κ2) is 8.57. The van der Waals surface area contributed by atoms with Gasteiger partial charge in [0.1, 0.15) is 0 Å². The number of amides is 1. The highest BCUT2D eigenvalue weighted by Crippen LogP contribution is 2.32. The average molecular weight is 387 g/mol. The van der Waals surface area contributed by atoms with Crippen molar-refractivity contribution in [2.75, 3.05) is 25.0 Å². The smallest absolute Gasteiger partial charge is 0.238 e. The zero-order chi connectivity index (χ0) is 15.6. The molecule has 3 N–H and O–H groups in total. The fourth-order valence-corrected chi connectivity index (χ4v) is 3.04. The van der Waals surface area contributed by atoms with Crippen molar-refractivity contribution >= 4 is 58.8 Å². The lowest BCUT2D eigenvalue weighted by molar-refractivity contribution is -0.117. The van der Waals surface area contributed by atoms with Crippen LogP contribution in [0.1, 0.15) is 13.3 Å². The van der Waals surface area contributed by atoms with Crippen molar-refractivity contribution in [3.05, 3.63) is 27.2 Å². The van der Waals surface area contributed by atoms with Gasteiger partial charge in [0, 0.05) is 12.6 Å². The summed E-state index contributed by atoms with van der Waals surface area (Å²) in [5.74, 6) is 0.326. The maximum Gasteiger partial charge on any atom is 0.238 e. The molecule has 2 rings (SSSR count). The number of hydrogen-bond donors (Lipinski definition) is 2. The van der Waals surface area contributed by atoms with Crippen LogP contribution in [-0.4, -0.2) is 36.5 Å². The lowest BCUT2D eigenvalue weighted by atomic mass is 10.0. The van der Waals surface area contributed by atoms with Crippen LogP contribution in [0.2, 0.25) is 15.1 Å². The molecule has 0 saturated carbocycles. The van der Waals surface area contributed by atoms with Crippen LogP contribution in [-0.2, 0) is 4.79 Å². The van der Waals surface area contributed by atoms with Crippen molar-refractivity contribution in [3.8, 4) is 0 Å². The molecule has 2 atom stereocenters. The first-order valence-corrected chi connectivity index (χ1v) is 7.92. The SMILES string of the molecule is CC(N)C1CCN(CC(=O)Nc2cc(Cl)c(Cl)cc2Cl)C1.Cl. The van der Waals surface area contributed by atoms with Crippen molar-refractivity contribution in [2.24, 2.45) is 11.7 Å².